The molecular formula is C9H14F2N2O3. The van der Waals surface area contributed by atoms with Crippen LogP contribution >= 0.6 is 0 Å². The summed E-state index contributed by atoms with van der Waals surface area (Å²) in [6.07, 6.45) is 1.04. The van der Waals surface area contributed by atoms with Gasteiger partial charge in [-0.05, 0) is 19.4 Å². The van der Waals surface area contributed by atoms with Crippen molar-refractivity contribution in [2.45, 2.75) is 24.8 Å². The Hall–Kier alpha value is -1.24. The Labute approximate surface area is 91.4 Å². The molecule has 1 atom stereocenters. The predicted molar refractivity (Wildman–Crippen MR) is 51.2 cm³/mol. The lowest BCUT2D eigenvalue weighted by Gasteiger charge is -2.38. The van der Waals surface area contributed by atoms with Gasteiger partial charge in [0.1, 0.15) is 6.04 Å². The highest BCUT2D eigenvalue weighted by atomic mass is 19.3. The van der Waals surface area contributed by atoms with E-state index in [1.54, 1.807) is 4.90 Å². The minimum absolute atomic E-state index is 0.246. The Morgan fingerprint density at radius 1 is 1.56 bits per heavy atom. The summed E-state index contributed by atoms with van der Waals surface area (Å²) in [6, 6.07) is -0.931. The van der Waals surface area contributed by atoms with Crippen molar-refractivity contribution >= 4 is 12.4 Å². The number of aliphatic carboxylic acids is 1. The second-order valence-electron chi connectivity index (χ2n) is 3.88. The molecule has 92 valence electrons. The summed E-state index contributed by atoms with van der Waals surface area (Å²) in [5, 5.41) is 10.8. The van der Waals surface area contributed by atoms with E-state index in [0.29, 0.717) is 19.4 Å². The Morgan fingerprint density at radius 2 is 2.19 bits per heavy atom. The van der Waals surface area contributed by atoms with Crippen LogP contribution in [-0.4, -0.2) is 54.0 Å². The van der Waals surface area contributed by atoms with Crippen molar-refractivity contribution in [1.82, 2.24) is 10.2 Å². The third-order valence-corrected chi connectivity index (χ3v) is 2.44. The fourth-order valence-corrected chi connectivity index (χ4v) is 1.65. The van der Waals surface area contributed by atoms with E-state index < -0.39 is 17.9 Å². The molecule has 0 aromatic heterocycles. The standard InChI is InChI=1S/C9H14F2N2O3/c10-9(11)4-13(5-9)3-1-2-7(8(15)16)12-6-14/h6-7H,1-5H2,(H,12,14)(H,15,16). The Balaban J connectivity index is 2.14. The van der Waals surface area contributed by atoms with Crippen LogP contribution in [0, 0.1) is 0 Å². The summed E-state index contributed by atoms with van der Waals surface area (Å²) >= 11 is 0. The van der Waals surface area contributed by atoms with E-state index >= 15 is 0 Å². The highest BCUT2D eigenvalue weighted by molar-refractivity contribution is 5.76. The maximum atomic E-state index is 12.4. The number of rotatable bonds is 7. The van der Waals surface area contributed by atoms with Crippen molar-refractivity contribution in [3.05, 3.63) is 0 Å². The summed E-state index contributed by atoms with van der Waals surface area (Å²) in [7, 11) is 0. The molecule has 1 aliphatic rings. The zero-order valence-corrected chi connectivity index (χ0v) is 8.66. The second-order valence-corrected chi connectivity index (χ2v) is 3.88. The third kappa shape index (κ3) is 3.73. The molecule has 1 aliphatic heterocycles. The molecule has 0 radical (unpaired) electrons. The van der Waals surface area contributed by atoms with Gasteiger partial charge in [-0.2, -0.15) is 0 Å². The van der Waals surface area contributed by atoms with Crippen molar-refractivity contribution < 1.29 is 23.5 Å². The molecule has 1 heterocycles. The van der Waals surface area contributed by atoms with Gasteiger partial charge in [-0.15, -0.1) is 0 Å². The van der Waals surface area contributed by atoms with Gasteiger partial charge in [-0.25, -0.2) is 13.6 Å². The van der Waals surface area contributed by atoms with Gasteiger partial charge in [-0.3, -0.25) is 9.69 Å². The Bertz CT molecular complexity index is 265. The second kappa shape index (κ2) is 5.20. The normalized spacial score (nSPS) is 20.9. The lowest BCUT2D eigenvalue weighted by atomic mass is 10.1. The first-order valence-corrected chi connectivity index (χ1v) is 4.97. The van der Waals surface area contributed by atoms with Crippen LogP contribution in [0.5, 0.6) is 0 Å². The topological polar surface area (TPSA) is 69.6 Å². The van der Waals surface area contributed by atoms with Gasteiger partial charge in [0.15, 0.2) is 0 Å². The van der Waals surface area contributed by atoms with Gasteiger partial charge < -0.3 is 10.4 Å². The SMILES string of the molecule is O=CNC(CCCN1CC(F)(F)C1)C(=O)O. The van der Waals surface area contributed by atoms with Crippen molar-refractivity contribution in [3.8, 4) is 0 Å². The average molecular weight is 236 g/mol. The zero-order chi connectivity index (χ0) is 12.2. The minimum atomic E-state index is -2.59. The van der Waals surface area contributed by atoms with Crippen molar-refractivity contribution in [2.24, 2.45) is 0 Å². The monoisotopic (exact) mass is 236 g/mol. The van der Waals surface area contributed by atoms with Crippen LogP contribution in [0.2, 0.25) is 0 Å². The predicted octanol–water partition coefficient (Wildman–Crippen LogP) is -0.0833. The van der Waals surface area contributed by atoms with E-state index in [1.807, 2.05) is 0 Å². The maximum absolute atomic E-state index is 12.4. The number of halogens is 2. The number of alkyl halides is 2. The Morgan fingerprint density at radius 3 is 2.62 bits per heavy atom. The average Bonchev–Trinajstić information content (AvgIpc) is 2.13. The van der Waals surface area contributed by atoms with Gasteiger partial charge in [0, 0.05) is 0 Å². The van der Waals surface area contributed by atoms with Crippen LogP contribution in [-0.2, 0) is 9.59 Å². The molecule has 0 saturated carbocycles. The molecular weight excluding hydrogens is 222 g/mol. The van der Waals surface area contributed by atoms with Crippen molar-refractivity contribution in [1.29, 1.82) is 0 Å². The van der Waals surface area contributed by atoms with Gasteiger partial charge in [0.25, 0.3) is 5.92 Å². The van der Waals surface area contributed by atoms with Gasteiger partial charge in [0.2, 0.25) is 6.41 Å². The Kier molecular flexibility index (Phi) is 4.17. The van der Waals surface area contributed by atoms with Crippen molar-refractivity contribution in [3.63, 3.8) is 0 Å². The largest absolute Gasteiger partial charge is 0.480 e. The summed E-state index contributed by atoms with van der Waals surface area (Å²) in [5.41, 5.74) is 0. The first-order chi connectivity index (χ1) is 7.44. The first kappa shape index (κ1) is 12.8. The van der Waals surface area contributed by atoms with Gasteiger partial charge in [0.05, 0.1) is 13.1 Å². The zero-order valence-electron chi connectivity index (χ0n) is 8.66. The van der Waals surface area contributed by atoms with E-state index in [0.717, 1.165) is 0 Å². The van der Waals surface area contributed by atoms with E-state index in [2.05, 4.69) is 5.32 Å². The molecule has 0 bridgehead atoms. The molecule has 0 aromatic rings. The number of carboxylic acids is 1. The lowest BCUT2D eigenvalue weighted by Crippen LogP contribution is -2.56. The minimum Gasteiger partial charge on any atom is -0.480 e. The fraction of sp³-hybridized carbons (Fsp3) is 0.778. The fourth-order valence-electron chi connectivity index (χ4n) is 1.65. The van der Waals surface area contributed by atoms with Gasteiger partial charge in [-0.1, -0.05) is 0 Å². The lowest BCUT2D eigenvalue weighted by molar-refractivity contribution is -0.141. The molecule has 1 fully saturated rings. The highest BCUT2D eigenvalue weighted by Crippen LogP contribution is 2.26. The summed E-state index contributed by atoms with van der Waals surface area (Å²) in [5.74, 6) is -3.70. The third-order valence-electron chi connectivity index (χ3n) is 2.44. The summed E-state index contributed by atoms with van der Waals surface area (Å²) < 4.78 is 24.9. The summed E-state index contributed by atoms with van der Waals surface area (Å²) in [6.45, 7) is -0.0857. The van der Waals surface area contributed by atoms with E-state index in [4.69, 9.17) is 5.11 Å². The molecule has 0 aromatic carbocycles. The summed E-state index contributed by atoms with van der Waals surface area (Å²) in [4.78, 5) is 22.2. The number of carbonyl (C=O) groups is 2. The molecule has 2 N–H and O–H groups in total. The number of amides is 1. The smallest absolute Gasteiger partial charge is 0.326 e. The molecule has 7 heteroatoms. The number of nitrogens with one attached hydrogen (secondary N) is 1. The number of carbonyl (C=O) groups excluding carboxylic acids is 1. The van der Waals surface area contributed by atoms with Crippen LogP contribution in [0.15, 0.2) is 0 Å². The van der Waals surface area contributed by atoms with E-state index in [-0.39, 0.29) is 19.5 Å². The van der Waals surface area contributed by atoms with Gasteiger partial charge >= 0.3 is 5.97 Å². The molecule has 16 heavy (non-hydrogen) atoms. The molecule has 5 nitrogen and oxygen atoms in total. The molecule has 1 rings (SSSR count). The number of hydrogen-bond donors (Lipinski definition) is 2. The molecule has 1 unspecified atom stereocenters. The van der Waals surface area contributed by atoms with Crippen LogP contribution in [0.4, 0.5) is 8.78 Å². The van der Waals surface area contributed by atoms with E-state index in [1.165, 1.54) is 0 Å². The van der Waals surface area contributed by atoms with Crippen LogP contribution in [0.25, 0.3) is 0 Å². The quantitative estimate of drug-likeness (QED) is 0.606. The molecule has 1 amide bonds. The molecule has 0 aliphatic carbocycles. The first-order valence-electron chi connectivity index (χ1n) is 4.97. The number of nitrogens with zero attached hydrogens (tertiary/aromatic N) is 1. The highest BCUT2D eigenvalue weighted by Gasteiger charge is 2.43. The van der Waals surface area contributed by atoms with Crippen LogP contribution in [0.3, 0.4) is 0 Å². The molecule has 1 saturated heterocycles. The van der Waals surface area contributed by atoms with Crippen LogP contribution < -0.4 is 5.32 Å². The molecule has 0 spiro atoms. The van der Waals surface area contributed by atoms with Crippen LogP contribution in [0.1, 0.15) is 12.8 Å². The van der Waals surface area contributed by atoms with E-state index in [9.17, 15) is 18.4 Å². The number of likely N-dealkylation sites (tertiary alicyclic amines) is 1. The maximum Gasteiger partial charge on any atom is 0.326 e. The van der Waals surface area contributed by atoms with Crippen molar-refractivity contribution in [2.75, 3.05) is 19.6 Å². The number of hydrogen-bond acceptors (Lipinski definition) is 3. The number of carboxylic acid groups (broad SMARTS) is 1.